The van der Waals surface area contributed by atoms with Crippen molar-refractivity contribution in [1.29, 1.82) is 0 Å². The highest BCUT2D eigenvalue weighted by atomic mass is 16.9. The SMILES string of the molecule is Nn1cnnc1.Nn1cnnc1.O=[N+]([O-])O.O=[N+]([O-])O. The van der Waals surface area contributed by atoms with E-state index >= 15 is 0 Å². The van der Waals surface area contributed by atoms with E-state index in [1.165, 1.54) is 34.7 Å². The van der Waals surface area contributed by atoms with Crippen molar-refractivity contribution in [2.75, 3.05) is 11.7 Å². The van der Waals surface area contributed by atoms with Crippen LogP contribution in [0.2, 0.25) is 0 Å². The van der Waals surface area contributed by atoms with E-state index in [4.69, 9.17) is 42.3 Å². The molecule has 0 saturated carbocycles. The fourth-order valence-electron chi connectivity index (χ4n) is 0.417. The molecule has 16 heteroatoms. The number of hydrogen-bond donors (Lipinski definition) is 4. The molecular weight excluding hydrogens is 284 g/mol. The van der Waals surface area contributed by atoms with Crippen molar-refractivity contribution in [3.8, 4) is 0 Å². The van der Waals surface area contributed by atoms with Gasteiger partial charge < -0.3 is 22.1 Å². The first-order valence-electron chi connectivity index (χ1n) is 4.11. The normalized spacial score (nSPS) is 7.60. The van der Waals surface area contributed by atoms with Gasteiger partial charge in [-0.3, -0.25) is 0 Å². The van der Waals surface area contributed by atoms with Gasteiger partial charge in [-0.05, 0) is 0 Å². The molecule has 2 aromatic heterocycles. The molecule has 0 saturated heterocycles. The lowest BCUT2D eigenvalue weighted by Gasteiger charge is -1.76. The minimum atomic E-state index is -1.50. The average molecular weight is 294 g/mol. The first-order chi connectivity index (χ1) is 9.25. The summed E-state index contributed by atoms with van der Waals surface area (Å²) in [5, 5.41) is 40.9. The number of aromatic nitrogens is 6. The molecule has 0 aliphatic rings. The highest BCUT2D eigenvalue weighted by Gasteiger charge is 1.72. The molecule has 6 N–H and O–H groups in total. The van der Waals surface area contributed by atoms with E-state index in [2.05, 4.69) is 20.4 Å². The second kappa shape index (κ2) is 11.8. The van der Waals surface area contributed by atoms with Gasteiger partial charge in [0, 0.05) is 0 Å². The van der Waals surface area contributed by atoms with Gasteiger partial charge in [0.2, 0.25) is 0 Å². The summed E-state index contributed by atoms with van der Waals surface area (Å²) in [7, 11) is 0. The molecule has 0 aromatic carbocycles. The zero-order valence-corrected chi connectivity index (χ0v) is 9.57. The second-order valence-corrected chi connectivity index (χ2v) is 2.29. The standard InChI is InChI=1S/2C2H4N4.2HNO3/c2*3-6-1-4-5-2-6;2*2-1(3)4/h2*1-2H,3H2;2*(H,2,3,4). The number of nitrogens with two attached hydrogens (primary N) is 2. The lowest BCUT2D eigenvalue weighted by atomic mass is 11.3. The largest absolute Gasteiger partial charge is 0.337 e. The zero-order chi connectivity index (χ0) is 16.0. The van der Waals surface area contributed by atoms with Crippen LogP contribution in [0.3, 0.4) is 0 Å². The summed E-state index contributed by atoms with van der Waals surface area (Å²) in [4.78, 5) is 16.7. The van der Waals surface area contributed by atoms with Gasteiger partial charge in [-0.15, -0.1) is 40.6 Å². The van der Waals surface area contributed by atoms with Crippen LogP contribution >= 0.6 is 0 Å². The fraction of sp³-hybridized carbons (Fsp3) is 0. The van der Waals surface area contributed by atoms with Gasteiger partial charge in [0.15, 0.2) is 0 Å². The molecule has 0 amide bonds. The van der Waals surface area contributed by atoms with Crippen LogP contribution in [0, 0.1) is 20.2 Å². The Balaban J connectivity index is 0. The van der Waals surface area contributed by atoms with Crippen LogP contribution in [0.15, 0.2) is 25.3 Å². The molecule has 0 radical (unpaired) electrons. The summed E-state index contributed by atoms with van der Waals surface area (Å²) >= 11 is 0. The fourth-order valence-corrected chi connectivity index (χ4v) is 0.417. The summed E-state index contributed by atoms with van der Waals surface area (Å²) in [6.45, 7) is 0. The molecule has 0 spiro atoms. The molecule has 0 fully saturated rings. The molecule has 0 aliphatic heterocycles. The van der Waals surface area contributed by atoms with Gasteiger partial charge in [-0.25, -0.2) is 9.35 Å². The minimum absolute atomic E-state index is 1.28. The van der Waals surface area contributed by atoms with Crippen molar-refractivity contribution >= 4 is 0 Å². The third kappa shape index (κ3) is 23.8. The molecule has 0 aliphatic carbocycles. The summed E-state index contributed by atoms with van der Waals surface area (Å²) < 4.78 is 2.56. The maximum Gasteiger partial charge on any atom is 0.291 e. The van der Waals surface area contributed by atoms with Crippen LogP contribution in [0.5, 0.6) is 0 Å². The van der Waals surface area contributed by atoms with E-state index in [0.29, 0.717) is 0 Å². The Morgan fingerprint density at radius 2 is 0.950 bits per heavy atom. The molecule has 2 aromatic rings. The smallest absolute Gasteiger partial charge is 0.291 e. The van der Waals surface area contributed by atoms with Gasteiger partial charge in [0.05, 0.1) is 0 Å². The zero-order valence-electron chi connectivity index (χ0n) is 9.57. The van der Waals surface area contributed by atoms with Crippen LogP contribution in [0.1, 0.15) is 0 Å². The monoisotopic (exact) mass is 294 g/mol. The van der Waals surface area contributed by atoms with Crippen molar-refractivity contribution in [1.82, 2.24) is 29.7 Å². The summed E-state index contributed by atoms with van der Waals surface area (Å²) in [5.41, 5.74) is 0. The lowest BCUT2D eigenvalue weighted by Crippen LogP contribution is -2.02. The summed E-state index contributed by atoms with van der Waals surface area (Å²) in [6.07, 6.45) is 5.67. The topological polar surface area (TPSA) is 240 Å². The van der Waals surface area contributed by atoms with Crippen LogP contribution in [-0.2, 0) is 0 Å². The predicted octanol–water partition coefficient (Wildman–Crippen LogP) is -2.71. The molecular formula is C4H10N10O6. The van der Waals surface area contributed by atoms with E-state index < -0.39 is 10.2 Å². The highest BCUT2D eigenvalue weighted by Crippen LogP contribution is 1.62. The van der Waals surface area contributed by atoms with E-state index in [0.717, 1.165) is 0 Å². The Bertz CT molecular complexity index is 402. The number of rotatable bonds is 0. The van der Waals surface area contributed by atoms with E-state index in [-0.39, 0.29) is 0 Å². The van der Waals surface area contributed by atoms with Crippen molar-refractivity contribution in [2.24, 2.45) is 0 Å². The van der Waals surface area contributed by atoms with Crippen molar-refractivity contribution < 1.29 is 20.6 Å². The van der Waals surface area contributed by atoms with Crippen molar-refractivity contribution in [3.63, 3.8) is 0 Å². The Hall–Kier alpha value is -3.72. The Labute approximate surface area is 109 Å². The molecule has 2 heterocycles. The molecule has 0 bridgehead atoms. The molecule has 16 nitrogen and oxygen atoms in total. The van der Waals surface area contributed by atoms with E-state index in [9.17, 15) is 0 Å². The highest BCUT2D eigenvalue weighted by molar-refractivity contribution is 4.55. The maximum atomic E-state index is 8.36. The quantitative estimate of drug-likeness (QED) is 0.220. The van der Waals surface area contributed by atoms with Crippen LogP contribution in [0.4, 0.5) is 0 Å². The Kier molecular flexibility index (Phi) is 11.0. The van der Waals surface area contributed by atoms with Gasteiger partial charge in [0.25, 0.3) is 10.2 Å². The van der Waals surface area contributed by atoms with Crippen LogP contribution in [-0.4, -0.2) is 50.3 Å². The molecule has 2 rings (SSSR count). The number of nitrogen functional groups attached to an aromatic ring is 2. The molecule has 20 heavy (non-hydrogen) atoms. The van der Waals surface area contributed by atoms with Gasteiger partial charge in [0.1, 0.15) is 25.3 Å². The van der Waals surface area contributed by atoms with Crippen molar-refractivity contribution in [3.05, 3.63) is 45.5 Å². The third-order valence-electron chi connectivity index (χ3n) is 0.873. The second-order valence-electron chi connectivity index (χ2n) is 2.29. The summed E-state index contributed by atoms with van der Waals surface area (Å²) in [6, 6.07) is 0. The predicted molar refractivity (Wildman–Crippen MR) is 57.9 cm³/mol. The number of hydrogen-bond acceptors (Lipinski definition) is 10. The molecule has 0 atom stereocenters. The average Bonchev–Trinajstić information content (AvgIpc) is 2.91. The van der Waals surface area contributed by atoms with Gasteiger partial charge in [-0.1, -0.05) is 0 Å². The Morgan fingerprint density at radius 3 is 1.00 bits per heavy atom. The van der Waals surface area contributed by atoms with Gasteiger partial charge in [-0.2, -0.15) is 0 Å². The molecule has 0 unspecified atom stereocenters. The van der Waals surface area contributed by atoms with E-state index in [1.54, 1.807) is 0 Å². The lowest BCUT2D eigenvalue weighted by molar-refractivity contribution is -0.742. The van der Waals surface area contributed by atoms with Gasteiger partial charge >= 0.3 is 0 Å². The van der Waals surface area contributed by atoms with Crippen LogP contribution < -0.4 is 11.7 Å². The third-order valence-corrected chi connectivity index (χ3v) is 0.873. The maximum absolute atomic E-state index is 8.36. The summed E-state index contributed by atoms with van der Waals surface area (Å²) in [5.74, 6) is 10.1. The first kappa shape index (κ1) is 18.6. The van der Waals surface area contributed by atoms with Crippen LogP contribution in [0.25, 0.3) is 0 Å². The van der Waals surface area contributed by atoms with Crippen molar-refractivity contribution in [2.45, 2.75) is 0 Å². The van der Waals surface area contributed by atoms with E-state index in [1.807, 2.05) is 0 Å². The molecule has 112 valence electrons. The number of nitrogens with zero attached hydrogens (tertiary/aromatic N) is 8. The minimum Gasteiger partial charge on any atom is -0.337 e. The Morgan fingerprint density at radius 1 is 0.800 bits per heavy atom. The first-order valence-corrected chi connectivity index (χ1v) is 4.11.